The molecule has 1 amide bonds. The van der Waals surface area contributed by atoms with Crippen LogP contribution in [0.3, 0.4) is 0 Å². The maximum Gasteiger partial charge on any atom is 0.227 e. The number of rotatable bonds is 6. The van der Waals surface area contributed by atoms with Gasteiger partial charge in [-0.2, -0.15) is 0 Å². The number of oxime groups is 1. The van der Waals surface area contributed by atoms with E-state index in [0.29, 0.717) is 16.6 Å². The normalized spacial score (nSPS) is 11.4. The van der Waals surface area contributed by atoms with Gasteiger partial charge in [0, 0.05) is 6.54 Å². The second-order valence-corrected chi connectivity index (χ2v) is 5.15. The van der Waals surface area contributed by atoms with Gasteiger partial charge in [-0.05, 0) is 24.1 Å². The highest BCUT2D eigenvalue weighted by Crippen LogP contribution is 2.23. The smallest absolute Gasteiger partial charge is 0.227 e. The van der Waals surface area contributed by atoms with Gasteiger partial charge in [-0.25, -0.2) is 0 Å². The maximum absolute atomic E-state index is 12.2. The molecule has 3 N–H and O–H groups in total. The monoisotopic (exact) mass is 317 g/mol. The van der Waals surface area contributed by atoms with Crippen molar-refractivity contribution in [1.82, 2.24) is 4.90 Å². The van der Waals surface area contributed by atoms with E-state index in [2.05, 4.69) is 5.16 Å². The topological polar surface area (TPSA) is 78.9 Å². The quantitative estimate of drug-likeness (QED) is 0.366. The van der Waals surface area contributed by atoms with E-state index in [1.54, 1.807) is 18.2 Å². The second kappa shape index (κ2) is 7.97. The molecule has 1 aromatic carbocycles. The number of halogens is 2. The van der Waals surface area contributed by atoms with E-state index >= 15 is 0 Å². The molecule has 0 aliphatic heterocycles. The highest BCUT2D eigenvalue weighted by Gasteiger charge is 2.15. The van der Waals surface area contributed by atoms with Gasteiger partial charge in [-0.3, -0.25) is 4.79 Å². The van der Waals surface area contributed by atoms with Crippen LogP contribution in [0.25, 0.3) is 0 Å². The molecule has 0 fully saturated rings. The molecule has 7 heteroatoms. The molecule has 0 radical (unpaired) electrons. The molecule has 110 valence electrons. The molecule has 0 unspecified atom stereocenters. The van der Waals surface area contributed by atoms with E-state index in [0.717, 1.165) is 12.0 Å². The van der Waals surface area contributed by atoms with Crippen LogP contribution in [-0.2, 0) is 11.2 Å². The molecule has 0 spiro atoms. The van der Waals surface area contributed by atoms with Crippen LogP contribution in [-0.4, -0.2) is 34.9 Å². The highest BCUT2D eigenvalue weighted by atomic mass is 35.5. The summed E-state index contributed by atoms with van der Waals surface area (Å²) in [5.74, 6) is -0.113. The van der Waals surface area contributed by atoms with Crippen molar-refractivity contribution in [2.45, 2.75) is 19.8 Å². The van der Waals surface area contributed by atoms with Crippen LogP contribution in [0, 0.1) is 0 Å². The van der Waals surface area contributed by atoms with Crippen molar-refractivity contribution in [2.75, 3.05) is 13.1 Å². The number of hydrogen-bond donors (Lipinski definition) is 2. The van der Waals surface area contributed by atoms with Gasteiger partial charge < -0.3 is 15.8 Å². The summed E-state index contributed by atoms with van der Waals surface area (Å²) in [5, 5.41) is 12.3. The van der Waals surface area contributed by atoms with Crippen LogP contribution in [0.4, 0.5) is 0 Å². The van der Waals surface area contributed by atoms with Crippen molar-refractivity contribution < 1.29 is 10.0 Å². The SMILES string of the molecule is CCCN(CC(N)=NO)C(=O)Cc1ccc(Cl)c(Cl)c1. The van der Waals surface area contributed by atoms with Crippen molar-refractivity contribution in [3.63, 3.8) is 0 Å². The molecule has 5 nitrogen and oxygen atoms in total. The van der Waals surface area contributed by atoms with Gasteiger partial charge in [0.15, 0.2) is 5.84 Å². The average Bonchev–Trinajstić information content (AvgIpc) is 2.42. The predicted octanol–water partition coefficient (Wildman–Crippen LogP) is 2.52. The van der Waals surface area contributed by atoms with Gasteiger partial charge in [0.05, 0.1) is 23.0 Å². The fourth-order valence-electron chi connectivity index (χ4n) is 1.73. The van der Waals surface area contributed by atoms with Crippen molar-refractivity contribution in [2.24, 2.45) is 10.9 Å². The Balaban J connectivity index is 2.76. The lowest BCUT2D eigenvalue weighted by Gasteiger charge is -2.21. The summed E-state index contributed by atoms with van der Waals surface area (Å²) in [7, 11) is 0. The summed E-state index contributed by atoms with van der Waals surface area (Å²) >= 11 is 11.7. The molecule has 0 aliphatic rings. The van der Waals surface area contributed by atoms with Crippen LogP contribution in [0.1, 0.15) is 18.9 Å². The number of nitrogens with two attached hydrogens (primary N) is 1. The van der Waals surface area contributed by atoms with Crippen molar-refractivity contribution in [1.29, 1.82) is 0 Å². The highest BCUT2D eigenvalue weighted by molar-refractivity contribution is 6.42. The number of nitrogens with zero attached hydrogens (tertiary/aromatic N) is 2. The van der Waals surface area contributed by atoms with E-state index in [9.17, 15) is 4.79 Å². The standard InChI is InChI=1S/C13H17Cl2N3O2/c1-2-5-18(8-12(16)17-20)13(19)7-9-3-4-10(14)11(15)6-9/h3-4,6,20H,2,5,7-8H2,1H3,(H2,16,17). The number of amidine groups is 1. The second-order valence-electron chi connectivity index (χ2n) is 4.33. The summed E-state index contributed by atoms with van der Waals surface area (Å²) in [6.45, 7) is 2.59. The third-order valence-corrected chi connectivity index (χ3v) is 3.41. The Kier molecular flexibility index (Phi) is 6.61. The lowest BCUT2D eigenvalue weighted by atomic mass is 10.1. The molecule has 0 aromatic heterocycles. The molecule has 1 rings (SSSR count). The van der Waals surface area contributed by atoms with Gasteiger partial charge in [0.1, 0.15) is 0 Å². The minimum absolute atomic E-state index is 0.000869. The van der Waals surface area contributed by atoms with Gasteiger partial charge in [-0.1, -0.05) is 41.3 Å². The first-order valence-corrected chi connectivity index (χ1v) is 6.91. The Morgan fingerprint density at radius 3 is 2.65 bits per heavy atom. The number of hydrogen-bond acceptors (Lipinski definition) is 3. The fourth-order valence-corrected chi connectivity index (χ4v) is 2.05. The molecule has 1 aromatic rings. The predicted molar refractivity (Wildman–Crippen MR) is 80.4 cm³/mol. The summed E-state index contributed by atoms with van der Waals surface area (Å²) in [6.07, 6.45) is 0.974. The number of amides is 1. The summed E-state index contributed by atoms with van der Waals surface area (Å²) < 4.78 is 0. The minimum atomic E-state index is -0.114. The molecule has 0 heterocycles. The third-order valence-electron chi connectivity index (χ3n) is 2.67. The first-order valence-electron chi connectivity index (χ1n) is 6.16. The first-order chi connectivity index (χ1) is 9.47. The summed E-state index contributed by atoms with van der Waals surface area (Å²) in [6, 6.07) is 5.06. The summed E-state index contributed by atoms with van der Waals surface area (Å²) in [5.41, 5.74) is 6.22. The van der Waals surface area contributed by atoms with Crippen LogP contribution < -0.4 is 5.73 Å². The van der Waals surface area contributed by atoms with Gasteiger partial charge in [-0.15, -0.1) is 0 Å². The summed E-state index contributed by atoms with van der Waals surface area (Å²) in [4.78, 5) is 13.7. The Labute approximate surface area is 127 Å². The van der Waals surface area contributed by atoms with Gasteiger partial charge in [0.2, 0.25) is 5.91 Å². The number of benzene rings is 1. The molecule has 0 saturated carbocycles. The molecular formula is C13H17Cl2N3O2. The van der Waals surface area contributed by atoms with Gasteiger partial charge >= 0.3 is 0 Å². The lowest BCUT2D eigenvalue weighted by Crippen LogP contribution is -2.39. The maximum atomic E-state index is 12.2. The van der Waals surface area contributed by atoms with Crippen LogP contribution in [0.2, 0.25) is 10.0 Å². The van der Waals surface area contributed by atoms with E-state index in [4.69, 9.17) is 34.1 Å². The van der Waals surface area contributed by atoms with Crippen LogP contribution in [0.5, 0.6) is 0 Å². The first kappa shape index (κ1) is 16.6. The van der Waals surface area contributed by atoms with Crippen molar-refractivity contribution >= 4 is 34.9 Å². The lowest BCUT2D eigenvalue weighted by molar-refractivity contribution is -0.129. The van der Waals surface area contributed by atoms with Crippen molar-refractivity contribution in [3.8, 4) is 0 Å². The Hall–Kier alpha value is -1.46. The van der Waals surface area contributed by atoms with E-state index in [1.807, 2.05) is 6.92 Å². The van der Waals surface area contributed by atoms with Crippen LogP contribution >= 0.6 is 23.2 Å². The zero-order chi connectivity index (χ0) is 15.1. The molecule has 0 bridgehead atoms. The molecule has 0 saturated heterocycles. The van der Waals surface area contributed by atoms with E-state index in [1.165, 1.54) is 4.90 Å². The van der Waals surface area contributed by atoms with Crippen molar-refractivity contribution in [3.05, 3.63) is 33.8 Å². The van der Waals surface area contributed by atoms with Crippen LogP contribution in [0.15, 0.2) is 23.4 Å². The molecule has 0 aliphatic carbocycles. The zero-order valence-corrected chi connectivity index (χ0v) is 12.7. The largest absolute Gasteiger partial charge is 0.409 e. The van der Waals surface area contributed by atoms with E-state index < -0.39 is 0 Å². The third kappa shape index (κ3) is 4.90. The average molecular weight is 318 g/mol. The Morgan fingerprint density at radius 2 is 2.10 bits per heavy atom. The Bertz CT molecular complexity index is 506. The Morgan fingerprint density at radius 1 is 1.40 bits per heavy atom. The number of carbonyl (C=O) groups is 1. The van der Waals surface area contributed by atoms with E-state index in [-0.39, 0.29) is 24.7 Å². The molecule has 0 atom stereocenters. The fraction of sp³-hybridized carbons (Fsp3) is 0.385. The minimum Gasteiger partial charge on any atom is -0.409 e. The molecule has 20 heavy (non-hydrogen) atoms. The zero-order valence-electron chi connectivity index (χ0n) is 11.1. The van der Waals surface area contributed by atoms with Gasteiger partial charge in [0.25, 0.3) is 0 Å². The number of carbonyl (C=O) groups excluding carboxylic acids is 1. The molecular weight excluding hydrogens is 301 g/mol.